The molecule has 0 saturated heterocycles. The van der Waals surface area contributed by atoms with Gasteiger partial charge >= 0.3 is 0 Å². The summed E-state index contributed by atoms with van der Waals surface area (Å²) in [4.78, 5) is 0. The topological polar surface area (TPSA) is 62.5 Å². The summed E-state index contributed by atoms with van der Waals surface area (Å²) in [6.45, 7) is 2.42. The van der Waals surface area contributed by atoms with Gasteiger partial charge in [-0.1, -0.05) is 13.0 Å². The third kappa shape index (κ3) is 2.12. The van der Waals surface area contributed by atoms with E-state index in [4.69, 9.17) is 9.47 Å². The Morgan fingerprint density at radius 3 is 2.70 bits per heavy atom. The molecule has 1 unspecified atom stereocenters. The number of fused-ring (bicyclic) bond motifs is 1. The molecule has 1 aliphatic carbocycles. The van der Waals surface area contributed by atoms with Crippen molar-refractivity contribution in [2.45, 2.75) is 38.7 Å². The Morgan fingerprint density at radius 2 is 2.00 bits per heavy atom. The van der Waals surface area contributed by atoms with Crippen LogP contribution in [0.3, 0.4) is 0 Å². The highest BCUT2D eigenvalue weighted by Crippen LogP contribution is 2.48. The molecule has 4 nitrogen and oxygen atoms in total. The van der Waals surface area contributed by atoms with Crippen LogP contribution in [0.15, 0.2) is 18.2 Å². The summed E-state index contributed by atoms with van der Waals surface area (Å²) in [5.41, 5.74) is 0.0746. The first-order valence-corrected chi connectivity index (χ1v) is 7.13. The molecule has 3 rings (SSSR count). The normalized spacial score (nSPS) is 29.8. The first kappa shape index (κ1) is 13.3. The lowest BCUT2D eigenvalue weighted by Gasteiger charge is -2.37. The van der Waals surface area contributed by atoms with Crippen LogP contribution in [-0.2, 0) is 0 Å². The van der Waals surface area contributed by atoms with Gasteiger partial charge in [-0.25, -0.2) is 0 Å². The van der Waals surface area contributed by atoms with E-state index in [0.29, 0.717) is 17.4 Å². The Hall–Kier alpha value is -1.73. The highest BCUT2D eigenvalue weighted by atomic mass is 16.7. The van der Waals surface area contributed by atoms with Crippen LogP contribution in [0.25, 0.3) is 0 Å². The Kier molecular flexibility index (Phi) is 3.31. The third-order valence-electron chi connectivity index (χ3n) is 4.62. The number of nitriles is 1. The predicted octanol–water partition coefficient (Wildman–Crippen LogP) is 3.17. The van der Waals surface area contributed by atoms with Crippen LogP contribution >= 0.6 is 0 Å². The molecule has 1 heterocycles. The zero-order valence-electron chi connectivity index (χ0n) is 11.6. The molecule has 0 spiro atoms. The van der Waals surface area contributed by atoms with E-state index in [2.05, 4.69) is 13.0 Å². The molecular weight excluding hydrogens is 254 g/mol. The average molecular weight is 273 g/mol. The van der Waals surface area contributed by atoms with Gasteiger partial charge in [0.25, 0.3) is 0 Å². The SMILES string of the molecule is CC1CCC(C#N)(C(O)c2ccc3c(c2)OCO3)CC1. The van der Waals surface area contributed by atoms with Gasteiger partial charge < -0.3 is 14.6 Å². The Labute approximate surface area is 118 Å². The number of hydrogen-bond donors (Lipinski definition) is 1. The lowest BCUT2D eigenvalue weighted by atomic mass is 9.67. The number of nitrogens with zero attached hydrogens (tertiary/aromatic N) is 1. The van der Waals surface area contributed by atoms with Gasteiger partial charge in [-0.2, -0.15) is 5.26 Å². The van der Waals surface area contributed by atoms with E-state index in [-0.39, 0.29) is 6.79 Å². The van der Waals surface area contributed by atoms with Crippen LogP contribution in [0, 0.1) is 22.7 Å². The highest BCUT2D eigenvalue weighted by Gasteiger charge is 2.42. The van der Waals surface area contributed by atoms with Crippen LogP contribution in [0.4, 0.5) is 0 Å². The fourth-order valence-electron chi connectivity index (χ4n) is 3.13. The van der Waals surface area contributed by atoms with Crippen molar-refractivity contribution in [3.8, 4) is 17.6 Å². The second kappa shape index (κ2) is 4.99. The molecule has 1 aromatic carbocycles. The van der Waals surface area contributed by atoms with Gasteiger partial charge in [0.1, 0.15) is 0 Å². The maximum absolute atomic E-state index is 10.7. The highest BCUT2D eigenvalue weighted by molar-refractivity contribution is 5.45. The fourth-order valence-corrected chi connectivity index (χ4v) is 3.13. The predicted molar refractivity (Wildman–Crippen MR) is 73.2 cm³/mol. The number of ether oxygens (including phenoxy) is 2. The van der Waals surface area contributed by atoms with Crippen molar-refractivity contribution < 1.29 is 14.6 Å². The van der Waals surface area contributed by atoms with Gasteiger partial charge in [0, 0.05) is 0 Å². The summed E-state index contributed by atoms with van der Waals surface area (Å²) in [7, 11) is 0. The van der Waals surface area contributed by atoms with Gasteiger partial charge in [-0.05, 0) is 49.3 Å². The Bertz CT molecular complexity index is 541. The lowest BCUT2D eigenvalue weighted by molar-refractivity contribution is 0.0265. The van der Waals surface area contributed by atoms with E-state index in [0.717, 1.165) is 31.2 Å². The molecule has 0 bridgehead atoms. The standard InChI is InChI=1S/C16H19NO3/c1-11-4-6-16(9-17,7-5-11)15(18)12-2-3-13-14(8-12)20-10-19-13/h2-3,8,11,15,18H,4-7,10H2,1H3. The van der Waals surface area contributed by atoms with Crippen molar-refractivity contribution in [1.29, 1.82) is 5.26 Å². The Morgan fingerprint density at radius 1 is 1.30 bits per heavy atom. The van der Waals surface area contributed by atoms with Crippen LogP contribution in [0.5, 0.6) is 11.5 Å². The molecule has 1 N–H and O–H groups in total. The maximum atomic E-state index is 10.7. The van der Waals surface area contributed by atoms with E-state index in [1.165, 1.54) is 0 Å². The first-order valence-electron chi connectivity index (χ1n) is 7.13. The quantitative estimate of drug-likeness (QED) is 0.899. The molecule has 1 saturated carbocycles. The molecule has 2 aliphatic rings. The third-order valence-corrected chi connectivity index (χ3v) is 4.62. The van der Waals surface area contributed by atoms with Gasteiger partial charge in [0.05, 0.1) is 17.6 Å². The largest absolute Gasteiger partial charge is 0.454 e. The molecule has 0 amide bonds. The van der Waals surface area contributed by atoms with Gasteiger partial charge in [0.2, 0.25) is 6.79 Å². The minimum Gasteiger partial charge on any atom is -0.454 e. The van der Waals surface area contributed by atoms with Crippen molar-refractivity contribution in [2.24, 2.45) is 11.3 Å². The number of hydrogen-bond acceptors (Lipinski definition) is 4. The second-order valence-electron chi connectivity index (χ2n) is 5.97. The summed E-state index contributed by atoms with van der Waals surface area (Å²) in [6.07, 6.45) is 2.72. The minimum absolute atomic E-state index is 0.218. The minimum atomic E-state index is -0.769. The monoisotopic (exact) mass is 273 g/mol. The first-order chi connectivity index (χ1) is 9.64. The molecule has 1 atom stereocenters. The van der Waals surface area contributed by atoms with Gasteiger partial charge in [-0.15, -0.1) is 0 Å². The molecule has 0 aromatic heterocycles. The fraction of sp³-hybridized carbons (Fsp3) is 0.562. The van der Waals surface area contributed by atoms with Gasteiger partial charge in [0.15, 0.2) is 11.5 Å². The molecule has 106 valence electrons. The van der Waals surface area contributed by atoms with Crippen molar-refractivity contribution in [3.63, 3.8) is 0 Å². The molecule has 0 radical (unpaired) electrons. The zero-order valence-corrected chi connectivity index (χ0v) is 11.6. The Balaban J connectivity index is 1.87. The lowest BCUT2D eigenvalue weighted by Crippen LogP contribution is -2.32. The smallest absolute Gasteiger partial charge is 0.231 e. The zero-order chi connectivity index (χ0) is 14.2. The number of rotatable bonds is 2. The van der Waals surface area contributed by atoms with E-state index in [1.54, 1.807) is 12.1 Å². The summed E-state index contributed by atoms with van der Waals surface area (Å²) in [5, 5.41) is 20.3. The van der Waals surface area contributed by atoms with Crippen LogP contribution in [0.1, 0.15) is 44.3 Å². The van der Waals surface area contributed by atoms with Crippen LogP contribution in [-0.4, -0.2) is 11.9 Å². The van der Waals surface area contributed by atoms with Crippen molar-refractivity contribution in [3.05, 3.63) is 23.8 Å². The van der Waals surface area contributed by atoms with E-state index in [9.17, 15) is 10.4 Å². The summed E-state index contributed by atoms with van der Waals surface area (Å²) in [6, 6.07) is 7.81. The van der Waals surface area contributed by atoms with E-state index >= 15 is 0 Å². The maximum Gasteiger partial charge on any atom is 0.231 e. The van der Waals surface area contributed by atoms with Gasteiger partial charge in [-0.3, -0.25) is 0 Å². The number of aliphatic hydroxyl groups excluding tert-OH is 1. The molecule has 1 aliphatic heterocycles. The molecular formula is C16H19NO3. The van der Waals surface area contributed by atoms with Crippen molar-refractivity contribution >= 4 is 0 Å². The number of aliphatic hydroxyl groups is 1. The summed E-state index contributed by atoms with van der Waals surface area (Å²) < 4.78 is 10.6. The molecule has 1 aromatic rings. The average Bonchev–Trinajstić information content (AvgIpc) is 2.95. The van der Waals surface area contributed by atoms with Crippen molar-refractivity contribution in [2.75, 3.05) is 6.79 Å². The van der Waals surface area contributed by atoms with E-state index in [1.807, 2.05) is 6.07 Å². The summed E-state index contributed by atoms with van der Waals surface area (Å²) >= 11 is 0. The molecule has 1 fully saturated rings. The van der Waals surface area contributed by atoms with Crippen molar-refractivity contribution in [1.82, 2.24) is 0 Å². The number of benzene rings is 1. The second-order valence-corrected chi connectivity index (χ2v) is 5.97. The molecule has 20 heavy (non-hydrogen) atoms. The van der Waals surface area contributed by atoms with Crippen LogP contribution < -0.4 is 9.47 Å². The van der Waals surface area contributed by atoms with Crippen LogP contribution in [0.2, 0.25) is 0 Å². The van der Waals surface area contributed by atoms with E-state index < -0.39 is 11.5 Å². The molecule has 4 heteroatoms. The summed E-state index contributed by atoms with van der Waals surface area (Å²) in [5.74, 6) is 1.99.